The third kappa shape index (κ3) is 5.92. The Hall–Kier alpha value is -3.80. The smallest absolute Gasteiger partial charge is 0.248 e. The third-order valence-corrected chi connectivity index (χ3v) is 5.68. The van der Waals surface area contributed by atoms with E-state index in [1.807, 2.05) is 78.6 Å². The van der Waals surface area contributed by atoms with Gasteiger partial charge in [-0.25, -0.2) is 0 Å². The van der Waals surface area contributed by atoms with Crippen molar-refractivity contribution in [2.75, 3.05) is 36.4 Å². The molecule has 170 valence electrons. The fourth-order valence-corrected chi connectivity index (χ4v) is 3.88. The monoisotopic (exact) mass is 443 g/mol. The molecule has 0 atom stereocenters. The van der Waals surface area contributed by atoms with E-state index in [4.69, 9.17) is 4.42 Å². The van der Waals surface area contributed by atoms with Gasteiger partial charge in [-0.1, -0.05) is 37.3 Å². The van der Waals surface area contributed by atoms with Crippen LogP contribution in [-0.4, -0.2) is 42.9 Å². The number of piperazine rings is 1. The van der Waals surface area contributed by atoms with E-state index in [2.05, 4.69) is 10.2 Å². The van der Waals surface area contributed by atoms with E-state index in [1.165, 1.54) is 6.08 Å². The zero-order valence-electron chi connectivity index (χ0n) is 18.9. The van der Waals surface area contributed by atoms with Crippen LogP contribution in [0.15, 0.2) is 77.2 Å². The van der Waals surface area contributed by atoms with Crippen LogP contribution in [0.25, 0.3) is 17.4 Å². The van der Waals surface area contributed by atoms with Gasteiger partial charge >= 0.3 is 0 Å². The number of furan rings is 1. The van der Waals surface area contributed by atoms with Gasteiger partial charge in [-0.05, 0) is 48.9 Å². The highest BCUT2D eigenvalue weighted by atomic mass is 16.3. The largest absolute Gasteiger partial charge is 0.457 e. The molecule has 1 fully saturated rings. The summed E-state index contributed by atoms with van der Waals surface area (Å²) in [5, 5.41) is 2.88. The molecule has 6 heteroatoms. The zero-order chi connectivity index (χ0) is 23.0. The normalized spacial score (nSPS) is 14.0. The molecule has 1 aromatic heterocycles. The Labute approximate surface area is 194 Å². The first kappa shape index (κ1) is 22.4. The number of hydrogen-bond acceptors (Lipinski definition) is 4. The maximum atomic E-state index is 12.3. The molecule has 2 aromatic carbocycles. The summed E-state index contributed by atoms with van der Waals surface area (Å²) in [4.78, 5) is 28.6. The molecule has 3 aromatic rings. The highest BCUT2D eigenvalue weighted by Gasteiger charge is 2.20. The molecule has 0 aliphatic carbocycles. The molecule has 4 rings (SSSR count). The van der Waals surface area contributed by atoms with Gasteiger partial charge in [0.2, 0.25) is 11.8 Å². The minimum absolute atomic E-state index is 0.219. The molecular weight excluding hydrogens is 414 g/mol. The molecule has 0 saturated carbocycles. The maximum absolute atomic E-state index is 12.3. The molecule has 33 heavy (non-hydrogen) atoms. The van der Waals surface area contributed by atoms with Crippen molar-refractivity contribution in [2.24, 2.45) is 0 Å². The second-order valence-electron chi connectivity index (χ2n) is 8.06. The van der Waals surface area contributed by atoms with Crippen molar-refractivity contribution in [2.45, 2.75) is 19.8 Å². The van der Waals surface area contributed by atoms with Gasteiger partial charge in [0.1, 0.15) is 11.5 Å². The van der Waals surface area contributed by atoms with Gasteiger partial charge in [0, 0.05) is 55.6 Å². The summed E-state index contributed by atoms with van der Waals surface area (Å²) in [6, 6.07) is 21.4. The topological polar surface area (TPSA) is 65.8 Å². The Kier molecular flexibility index (Phi) is 7.25. The average Bonchev–Trinajstić information content (AvgIpc) is 3.33. The molecule has 2 heterocycles. The highest BCUT2D eigenvalue weighted by Crippen LogP contribution is 2.23. The quantitative estimate of drug-likeness (QED) is 0.519. The summed E-state index contributed by atoms with van der Waals surface area (Å²) in [6.07, 6.45) is 4.64. The number of rotatable bonds is 7. The van der Waals surface area contributed by atoms with Gasteiger partial charge in [0.25, 0.3) is 0 Å². The predicted octanol–water partition coefficient (Wildman–Crippen LogP) is 5.05. The number of hydrogen-bond donors (Lipinski definition) is 1. The van der Waals surface area contributed by atoms with Crippen molar-refractivity contribution in [3.05, 3.63) is 78.6 Å². The van der Waals surface area contributed by atoms with Crippen LogP contribution in [0.4, 0.5) is 11.4 Å². The number of nitrogens with one attached hydrogen (secondary N) is 1. The lowest BCUT2D eigenvalue weighted by molar-refractivity contribution is -0.131. The minimum Gasteiger partial charge on any atom is -0.457 e. The van der Waals surface area contributed by atoms with E-state index in [0.717, 1.165) is 55.3 Å². The molecule has 0 unspecified atom stereocenters. The Bertz CT molecular complexity index is 1100. The molecule has 1 aliphatic heterocycles. The van der Waals surface area contributed by atoms with Gasteiger partial charge in [-0.15, -0.1) is 0 Å². The first-order chi connectivity index (χ1) is 16.1. The number of benzene rings is 2. The fraction of sp³-hybridized carbons (Fsp3) is 0.259. The van der Waals surface area contributed by atoms with E-state index in [0.29, 0.717) is 12.2 Å². The molecule has 1 aliphatic rings. The lowest BCUT2D eigenvalue weighted by Gasteiger charge is -2.36. The van der Waals surface area contributed by atoms with Gasteiger partial charge < -0.3 is 19.5 Å². The standard InChI is InChI=1S/C27H29N3O3/c1-2-6-27(32)30-19-17-29(18-20-30)23-11-9-22(10-12-23)28-26(31)16-14-24-13-15-25(33-24)21-7-4-3-5-8-21/h3-5,7-16H,2,6,17-20H2,1H3,(H,28,31)/b16-14+. The molecule has 1 N–H and O–H groups in total. The number of carbonyl (C=O) groups excluding carboxylic acids is 2. The van der Waals surface area contributed by atoms with Crippen LogP contribution < -0.4 is 10.2 Å². The van der Waals surface area contributed by atoms with Crippen molar-refractivity contribution < 1.29 is 14.0 Å². The number of nitrogens with zero attached hydrogens (tertiary/aromatic N) is 2. The first-order valence-electron chi connectivity index (χ1n) is 11.4. The number of anilines is 2. The second kappa shape index (κ2) is 10.7. The fourth-order valence-electron chi connectivity index (χ4n) is 3.88. The lowest BCUT2D eigenvalue weighted by Crippen LogP contribution is -2.48. The van der Waals surface area contributed by atoms with E-state index < -0.39 is 0 Å². The van der Waals surface area contributed by atoms with Crippen LogP contribution in [0, 0.1) is 0 Å². The summed E-state index contributed by atoms with van der Waals surface area (Å²) in [5.41, 5.74) is 2.82. The van der Waals surface area contributed by atoms with Gasteiger partial charge in [-0.3, -0.25) is 9.59 Å². The molecule has 1 saturated heterocycles. The Morgan fingerprint density at radius 2 is 1.67 bits per heavy atom. The predicted molar refractivity (Wildman–Crippen MR) is 132 cm³/mol. The Morgan fingerprint density at radius 1 is 0.939 bits per heavy atom. The first-order valence-corrected chi connectivity index (χ1v) is 11.4. The van der Waals surface area contributed by atoms with Crippen molar-refractivity contribution in [1.29, 1.82) is 0 Å². The number of amides is 2. The average molecular weight is 444 g/mol. The van der Waals surface area contributed by atoms with Crippen molar-refractivity contribution in [3.8, 4) is 11.3 Å². The molecule has 2 amide bonds. The summed E-state index contributed by atoms with van der Waals surface area (Å²) in [7, 11) is 0. The lowest BCUT2D eigenvalue weighted by atomic mass is 10.2. The van der Waals surface area contributed by atoms with E-state index >= 15 is 0 Å². The van der Waals surface area contributed by atoms with Gasteiger partial charge in [0.05, 0.1) is 0 Å². The molecule has 0 spiro atoms. The van der Waals surface area contributed by atoms with Crippen LogP contribution >= 0.6 is 0 Å². The van der Waals surface area contributed by atoms with Crippen LogP contribution in [0.5, 0.6) is 0 Å². The van der Waals surface area contributed by atoms with Crippen molar-refractivity contribution in [3.63, 3.8) is 0 Å². The van der Waals surface area contributed by atoms with Crippen molar-refractivity contribution in [1.82, 2.24) is 4.90 Å². The third-order valence-electron chi connectivity index (χ3n) is 5.68. The SMILES string of the molecule is CCCC(=O)N1CCN(c2ccc(NC(=O)/C=C/c3ccc(-c4ccccc4)o3)cc2)CC1. The highest BCUT2D eigenvalue weighted by molar-refractivity contribution is 6.01. The number of carbonyl (C=O) groups is 2. The van der Waals surface area contributed by atoms with E-state index in [9.17, 15) is 9.59 Å². The summed E-state index contributed by atoms with van der Waals surface area (Å²) < 4.78 is 5.79. The Balaban J connectivity index is 1.28. The summed E-state index contributed by atoms with van der Waals surface area (Å²) >= 11 is 0. The van der Waals surface area contributed by atoms with Crippen LogP contribution in [-0.2, 0) is 9.59 Å². The summed E-state index contributed by atoms with van der Waals surface area (Å²) in [5.74, 6) is 1.41. The zero-order valence-corrected chi connectivity index (χ0v) is 18.9. The second-order valence-corrected chi connectivity index (χ2v) is 8.06. The maximum Gasteiger partial charge on any atom is 0.248 e. The Morgan fingerprint density at radius 3 is 2.36 bits per heavy atom. The van der Waals surface area contributed by atoms with Crippen LogP contribution in [0.1, 0.15) is 25.5 Å². The minimum atomic E-state index is -0.219. The van der Waals surface area contributed by atoms with Crippen LogP contribution in [0.2, 0.25) is 0 Å². The molecule has 0 bridgehead atoms. The van der Waals surface area contributed by atoms with E-state index in [-0.39, 0.29) is 11.8 Å². The van der Waals surface area contributed by atoms with Crippen molar-refractivity contribution >= 4 is 29.3 Å². The molecular formula is C27H29N3O3. The van der Waals surface area contributed by atoms with Gasteiger partial charge in [-0.2, -0.15) is 0 Å². The van der Waals surface area contributed by atoms with E-state index in [1.54, 1.807) is 6.08 Å². The summed E-state index contributed by atoms with van der Waals surface area (Å²) in [6.45, 7) is 5.17. The van der Waals surface area contributed by atoms with Gasteiger partial charge in [0.15, 0.2) is 0 Å². The molecule has 6 nitrogen and oxygen atoms in total. The molecule has 0 radical (unpaired) electrons. The van der Waals surface area contributed by atoms with Crippen LogP contribution in [0.3, 0.4) is 0 Å².